The predicted octanol–water partition coefficient (Wildman–Crippen LogP) is 1.48. The highest BCUT2D eigenvalue weighted by Gasteiger charge is 2.20. The van der Waals surface area contributed by atoms with Crippen LogP contribution in [0, 0.1) is 0 Å². The van der Waals surface area contributed by atoms with E-state index in [2.05, 4.69) is 5.32 Å². The summed E-state index contributed by atoms with van der Waals surface area (Å²) in [5.74, 6) is -0.147. The van der Waals surface area contributed by atoms with Gasteiger partial charge < -0.3 is 15.8 Å². The first-order valence-electron chi connectivity index (χ1n) is 5.57. The molecule has 1 rings (SSSR count). The van der Waals surface area contributed by atoms with Crippen molar-refractivity contribution in [3.63, 3.8) is 0 Å². The van der Waals surface area contributed by atoms with Gasteiger partial charge in [-0.05, 0) is 26.0 Å². The first kappa shape index (κ1) is 14.6. The normalized spacial score (nSPS) is 11.1. The van der Waals surface area contributed by atoms with Gasteiger partial charge in [0.25, 0.3) is 5.91 Å². The molecule has 0 atom stereocenters. The van der Waals surface area contributed by atoms with Crippen LogP contribution < -0.4 is 11.1 Å². The Morgan fingerprint density at radius 3 is 2.28 bits per heavy atom. The summed E-state index contributed by atoms with van der Waals surface area (Å²) >= 11 is 4.85. The van der Waals surface area contributed by atoms with Crippen LogP contribution in [0.2, 0.25) is 0 Å². The van der Waals surface area contributed by atoms with Gasteiger partial charge in [0.05, 0.1) is 12.1 Å². The highest BCUT2D eigenvalue weighted by atomic mass is 32.1. The summed E-state index contributed by atoms with van der Waals surface area (Å²) in [5, 5.41) is 2.89. The highest BCUT2D eigenvalue weighted by Crippen LogP contribution is 2.08. The Kier molecular flexibility index (Phi) is 4.81. The molecule has 0 radical (unpaired) electrons. The number of rotatable bonds is 5. The molecule has 0 heterocycles. The van der Waals surface area contributed by atoms with Gasteiger partial charge in [-0.25, -0.2) is 0 Å². The van der Waals surface area contributed by atoms with Crippen LogP contribution in [0.5, 0.6) is 0 Å². The first-order valence-corrected chi connectivity index (χ1v) is 5.98. The fourth-order valence-electron chi connectivity index (χ4n) is 1.56. The lowest BCUT2D eigenvalue weighted by molar-refractivity contribution is 0.0820. The van der Waals surface area contributed by atoms with Crippen LogP contribution in [0.1, 0.15) is 29.8 Å². The lowest BCUT2D eigenvalue weighted by Crippen LogP contribution is -2.46. The lowest BCUT2D eigenvalue weighted by atomic mass is 10.1. The molecule has 0 aliphatic carbocycles. The van der Waals surface area contributed by atoms with Gasteiger partial charge in [-0.1, -0.05) is 24.4 Å². The van der Waals surface area contributed by atoms with Gasteiger partial charge in [0, 0.05) is 18.2 Å². The molecule has 1 aromatic carbocycles. The molecule has 1 amide bonds. The second-order valence-electron chi connectivity index (χ2n) is 4.71. The number of amides is 1. The first-order chi connectivity index (χ1) is 8.35. The summed E-state index contributed by atoms with van der Waals surface area (Å²) in [4.78, 5) is 12.3. The van der Waals surface area contributed by atoms with Crippen molar-refractivity contribution < 1.29 is 9.53 Å². The topological polar surface area (TPSA) is 64.3 Å². The molecule has 0 aromatic heterocycles. The Labute approximate surface area is 113 Å². The third kappa shape index (κ3) is 4.09. The molecule has 4 nitrogen and oxygen atoms in total. The Hall–Kier alpha value is -1.46. The number of methoxy groups -OCH3 is 1. The van der Waals surface area contributed by atoms with E-state index in [9.17, 15) is 4.79 Å². The number of benzene rings is 1. The van der Waals surface area contributed by atoms with E-state index in [0.29, 0.717) is 17.2 Å². The molecular weight excluding hydrogens is 248 g/mol. The molecule has 0 unspecified atom stereocenters. The van der Waals surface area contributed by atoms with Crippen molar-refractivity contribution in [3.05, 3.63) is 35.4 Å². The molecule has 98 valence electrons. The molecular formula is C13H18N2O2S. The maximum absolute atomic E-state index is 12.0. The standard InChI is InChI=1S/C13H18N2O2S/c1-13(2,8-17-3)15-12(16)10-6-4-9(5-7-10)11(14)18/h4-7H,8H2,1-3H3,(H2,14,18)(H,15,16). The minimum atomic E-state index is -0.409. The average Bonchev–Trinajstić information content (AvgIpc) is 2.28. The zero-order chi connectivity index (χ0) is 13.8. The minimum Gasteiger partial charge on any atom is -0.389 e. The van der Waals surface area contributed by atoms with Crippen molar-refractivity contribution in [1.82, 2.24) is 5.32 Å². The van der Waals surface area contributed by atoms with Gasteiger partial charge in [-0.3, -0.25) is 4.79 Å². The second-order valence-corrected chi connectivity index (χ2v) is 5.15. The number of nitrogens with one attached hydrogen (secondary N) is 1. The zero-order valence-electron chi connectivity index (χ0n) is 10.8. The van der Waals surface area contributed by atoms with Crippen molar-refractivity contribution in [2.45, 2.75) is 19.4 Å². The summed E-state index contributed by atoms with van der Waals surface area (Å²) in [7, 11) is 1.60. The van der Waals surface area contributed by atoms with E-state index < -0.39 is 5.54 Å². The van der Waals surface area contributed by atoms with Gasteiger partial charge >= 0.3 is 0 Å². The highest BCUT2D eigenvalue weighted by molar-refractivity contribution is 7.80. The van der Waals surface area contributed by atoms with Crippen LogP contribution in [-0.2, 0) is 4.74 Å². The fourth-order valence-corrected chi connectivity index (χ4v) is 1.70. The Morgan fingerprint density at radius 2 is 1.83 bits per heavy atom. The molecule has 0 saturated heterocycles. The monoisotopic (exact) mass is 266 g/mol. The molecule has 0 bridgehead atoms. The molecule has 3 N–H and O–H groups in total. The van der Waals surface area contributed by atoms with Crippen LogP contribution >= 0.6 is 12.2 Å². The summed E-state index contributed by atoms with van der Waals surface area (Å²) in [6.45, 7) is 4.25. The van der Waals surface area contributed by atoms with Crippen LogP contribution in [0.4, 0.5) is 0 Å². The Balaban J connectivity index is 2.76. The fraction of sp³-hybridized carbons (Fsp3) is 0.385. The third-order valence-corrected chi connectivity index (χ3v) is 2.62. The molecule has 0 fully saturated rings. The van der Waals surface area contributed by atoms with Crippen molar-refractivity contribution in [2.75, 3.05) is 13.7 Å². The maximum atomic E-state index is 12.0. The number of hydrogen-bond acceptors (Lipinski definition) is 3. The van der Waals surface area contributed by atoms with E-state index in [1.165, 1.54) is 0 Å². The van der Waals surface area contributed by atoms with Gasteiger partial charge in [-0.2, -0.15) is 0 Å². The molecule has 0 spiro atoms. The summed E-state index contributed by atoms with van der Waals surface area (Å²) in [6, 6.07) is 6.88. The van der Waals surface area contributed by atoms with E-state index in [1.54, 1.807) is 31.4 Å². The summed E-state index contributed by atoms with van der Waals surface area (Å²) in [5.41, 5.74) is 6.40. The number of hydrogen-bond donors (Lipinski definition) is 2. The summed E-state index contributed by atoms with van der Waals surface area (Å²) in [6.07, 6.45) is 0. The number of nitrogens with two attached hydrogens (primary N) is 1. The van der Waals surface area contributed by atoms with Crippen molar-refractivity contribution in [1.29, 1.82) is 0 Å². The molecule has 1 aromatic rings. The number of carbonyl (C=O) groups is 1. The van der Waals surface area contributed by atoms with Crippen molar-refractivity contribution >= 4 is 23.1 Å². The van der Waals surface area contributed by atoms with E-state index in [4.69, 9.17) is 22.7 Å². The SMILES string of the molecule is COCC(C)(C)NC(=O)c1ccc(C(N)=S)cc1. The van der Waals surface area contributed by atoms with Crippen molar-refractivity contribution in [3.8, 4) is 0 Å². The molecule has 5 heteroatoms. The average molecular weight is 266 g/mol. The van der Waals surface area contributed by atoms with Gasteiger partial charge in [-0.15, -0.1) is 0 Å². The van der Waals surface area contributed by atoms with Crippen LogP contribution in [0.15, 0.2) is 24.3 Å². The van der Waals surface area contributed by atoms with E-state index in [0.717, 1.165) is 5.56 Å². The number of carbonyl (C=O) groups excluding carboxylic acids is 1. The molecule has 18 heavy (non-hydrogen) atoms. The van der Waals surface area contributed by atoms with E-state index >= 15 is 0 Å². The molecule has 0 saturated carbocycles. The quantitative estimate of drug-likeness (QED) is 0.792. The lowest BCUT2D eigenvalue weighted by Gasteiger charge is -2.25. The smallest absolute Gasteiger partial charge is 0.251 e. The van der Waals surface area contributed by atoms with Crippen LogP contribution in [0.3, 0.4) is 0 Å². The number of thiocarbonyl (C=S) groups is 1. The minimum absolute atomic E-state index is 0.147. The van der Waals surface area contributed by atoms with E-state index in [1.807, 2.05) is 13.8 Å². The Morgan fingerprint density at radius 1 is 1.33 bits per heavy atom. The van der Waals surface area contributed by atoms with Crippen molar-refractivity contribution in [2.24, 2.45) is 5.73 Å². The van der Waals surface area contributed by atoms with Gasteiger partial charge in [0.15, 0.2) is 0 Å². The summed E-state index contributed by atoms with van der Waals surface area (Å²) < 4.78 is 5.05. The van der Waals surface area contributed by atoms with Crippen LogP contribution in [0.25, 0.3) is 0 Å². The second kappa shape index (κ2) is 5.93. The largest absolute Gasteiger partial charge is 0.389 e. The van der Waals surface area contributed by atoms with Gasteiger partial charge in [0.1, 0.15) is 4.99 Å². The molecule has 0 aliphatic rings. The predicted molar refractivity (Wildman–Crippen MR) is 75.8 cm³/mol. The maximum Gasteiger partial charge on any atom is 0.251 e. The Bertz CT molecular complexity index is 441. The third-order valence-electron chi connectivity index (χ3n) is 2.39. The van der Waals surface area contributed by atoms with E-state index in [-0.39, 0.29) is 5.91 Å². The van der Waals surface area contributed by atoms with Gasteiger partial charge in [0.2, 0.25) is 0 Å². The molecule has 0 aliphatic heterocycles. The number of ether oxygens (including phenoxy) is 1. The zero-order valence-corrected chi connectivity index (χ0v) is 11.6. The van der Waals surface area contributed by atoms with Crippen LogP contribution in [-0.4, -0.2) is 30.2 Å².